The normalized spacial score (nSPS) is 17.2. The van der Waals surface area contributed by atoms with Gasteiger partial charge in [-0.3, -0.25) is 9.69 Å². The molecule has 5 nitrogen and oxygen atoms in total. The number of halogens is 1. The van der Waals surface area contributed by atoms with Gasteiger partial charge in [-0.15, -0.1) is 11.3 Å². The Balaban J connectivity index is 1.52. The minimum absolute atomic E-state index is 0.118. The van der Waals surface area contributed by atoms with E-state index >= 15 is 0 Å². The number of nitrogens with one attached hydrogen (secondary N) is 1. The van der Waals surface area contributed by atoms with Gasteiger partial charge in [0.15, 0.2) is 0 Å². The van der Waals surface area contributed by atoms with Gasteiger partial charge in [-0.05, 0) is 29.6 Å². The third-order valence-corrected chi connectivity index (χ3v) is 4.31. The van der Waals surface area contributed by atoms with Crippen molar-refractivity contribution < 1.29 is 18.7 Å². The number of hydrogen-bond donors (Lipinski definition) is 1. The minimum Gasteiger partial charge on any atom is -0.442 e. The van der Waals surface area contributed by atoms with Crippen LogP contribution in [0.5, 0.6) is 0 Å². The van der Waals surface area contributed by atoms with E-state index in [1.165, 1.54) is 34.4 Å². The summed E-state index contributed by atoms with van der Waals surface area (Å²) >= 11 is 1.52. The van der Waals surface area contributed by atoms with Crippen LogP contribution in [0.1, 0.15) is 4.88 Å². The number of carbonyl (C=O) groups excluding carboxylic acids is 2. The third-order valence-electron chi connectivity index (χ3n) is 3.44. The van der Waals surface area contributed by atoms with Crippen molar-refractivity contribution >= 4 is 29.0 Å². The second kappa shape index (κ2) is 6.78. The molecule has 0 saturated carbocycles. The Labute approximate surface area is 136 Å². The molecule has 23 heavy (non-hydrogen) atoms. The van der Waals surface area contributed by atoms with E-state index in [2.05, 4.69) is 5.32 Å². The van der Waals surface area contributed by atoms with E-state index in [1.54, 1.807) is 6.07 Å². The average Bonchev–Trinajstić information content (AvgIpc) is 3.15. The standard InChI is InChI=1S/C16H15FN2O3S/c17-11-3-1-4-12(7-11)19-10-13(22-16(19)21)9-18-15(20)8-14-5-2-6-23-14/h1-7,13H,8-10H2,(H,18,20). The van der Waals surface area contributed by atoms with Crippen LogP contribution < -0.4 is 10.2 Å². The van der Waals surface area contributed by atoms with Crippen molar-refractivity contribution in [2.45, 2.75) is 12.5 Å². The fraction of sp³-hybridized carbons (Fsp3) is 0.250. The van der Waals surface area contributed by atoms with Crippen molar-refractivity contribution in [3.05, 3.63) is 52.5 Å². The van der Waals surface area contributed by atoms with Crippen LogP contribution in [0, 0.1) is 5.82 Å². The van der Waals surface area contributed by atoms with Gasteiger partial charge in [0, 0.05) is 4.88 Å². The van der Waals surface area contributed by atoms with E-state index in [0.717, 1.165) is 4.88 Å². The van der Waals surface area contributed by atoms with E-state index < -0.39 is 18.0 Å². The van der Waals surface area contributed by atoms with Crippen molar-refractivity contribution in [2.75, 3.05) is 18.0 Å². The zero-order chi connectivity index (χ0) is 16.2. The van der Waals surface area contributed by atoms with E-state index in [1.807, 2.05) is 17.5 Å². The molecule has 7 heteroatoms. The summed E-state index contributed by atoms with van der Waals surface area (Å²) in [4.78, 5) is 26.0. The zero-order valence-corrected chi connectivity index (χ0v) is 13.0. The lowest BCUT2D eigenvalue weighted by Gasteiger charge is -2.13. The topological polar surface area (TPSA) is 58.6 Å². The van der Waals surface area contributed by atoms with E-state index in [4.69, 9.17) is 4.74 Å². The number of hydrogen-bond acceptors (Lipinski definition) is 4. The number of thiophene rings is 1. The Morgan fingerprint density at radius 1 is 1.39 bits per heavy atom. The summed E-state index contributed by atoms with van der Waals surface area (Å²) in [7, 11) is 0. The van der Waals surface area contributed by atoms with E-state index in [9.17, 15) is 14.0 Å². The van der Waals surface area contributed by atoms with Gasteiger partial charge in [-0.2, -0.15) is 0 Å². The molecular weight excluding hydrogens is 319 g/mol. The van der Waals surface area contributed by atoms with Gasteiger partial charge in [0.05, 0.1) is 25.2 Å². The van der Waals surface area contributed by atoms with Gasteiger partial charge >= 0.3 is 6.09 Å². The summed E-state index contributed by atoms with van der Waals surface area (Å²) in [5, 5.41) is 4.67. The summed E-state index contributed by atoms with van der Waals surface area (Å²) in [6, 6.07) is 9.55. The average molecular weight is 334 g/mol. The quantitative estimate of drug-likeness (QED) is 0.914. The van der Waals surface area contributed by atoms with Crippen molar-refractivity contribution in [2.24, 2.45) is 0 Å². The molecule has 2 amide bonds. The summed E-state index contributed by atoms with van der Waals surface area (Å²) in [5.74, 6) is -0.532. The first-order valence-electron chi connectivity index (χ1n) is 7.14. The van der Waals surface area contributed by atoms with Crippen molar-refractivity contribution in [3.63, 3.8) is 0 Å². The number of carbonyl (C=O) groups is 2. The monoisotopic (exact) mass is 334 g/mol. The Morgan fingerprint density at radius 3 is 3.00 bits per heavy atom. The molecule has 2 heterocycles. The molecule has 3 rings (SSSR count). The van der Waals surface area contributed by atoms with Gasteiger partial charge in [0.1, 0.15) is 11.9 Å². The van der Waals surface area contributed by atoms with Crippen LogP contribution in [0.4, 0.5) is 14.9 Å². The number of cyclic esters (lactones) is 1. The highest BCUT2D eigenvalue weighted by Gasteiger charge is 2.32. The SMILES string of the molecule is O=C(Cc1cccs1)NCC1CN(c2cccc(F)c2)C(=O)O1. The summed E-state index contributed by atoms with van der Waals surface area (Å²) in [5.41, 5.74) is 0.447. The van der Waals surface area contributed by atoms with Crippen LogP contribution in [-0.4, -0.2) is 31.2 Å². The Hall–Kier alpha value is -2.41. The Bertz CT molecular complexity index is 705. The summed E-state index contributed by atoms with van der Waals surface area (Å²) in [6.45, 7) is 0.517. The van der Waals surface area contributed by atoms with Crippen molar-refractivity contribution in [3.8, 4) is 0 Å². The molecule has 1 N–H and O–H groups in total. The number of rotatable bonds is 5. The zero-order valence-electron chi connectivity index (χ0n) is 12.2. The molecule has 0 spiro atoms. The van der Waals surface area contributed by atoms with Gasteiger partial charge in [0.2, 0.25) is 5.91 Å². The van der Waals surface area contributed by atoms with Gasteiger partial charge in [0.25, 0.3) is 0 Å². The molecule has 120 valence electrons. The highest BCUT2D eigenvalue weighted by molar-refractivity contribution is 7.10. The molecule has 0 aliphatic carbocycles. The highest BCUT2D eigenvalue weighted by Crippen LogP contribution is 2.22. The van der Waals surface area contributed by atoms with E-state index in [-0.39, 0.29) is 19.0 Å². The molecule has 2 aromatic rings. The number of benzene rings is 1. The number of ether oxygens (including phenoxy) is 1. The molecule has 1 saturated heterocycles. The smallest absolute Gasteiger partial charge is 0.414 e. The lowest BCUT2D eigenvalue weighted by molar-refractivity contribution is -0.120. The predicted octanol–water partition coefficient (Wildman–Crippen LogP) is 2.57. The first-order chi connectivity index (χ1) is 11.1. The van der Waals surface area contributed by atoms with Crippen LogP contribution >= 0.6 is 11.3 Å². The third kappa shape index (κ3) is 3.87. The molecule has 0 radical (unpaired) electrons. The number of amides is 2. The minimum atomic E-state index is -0.534. The number of anilines is 1. The maximum Gasteiger partial charge on any atom is 0.414 e. The van der Waals surface area contributed by atoms with Crippen LogP contribution in [-0.2, 0) is 16.0 Å². The van der Waals surface area contributed by atoms with E-state index in [0.29, 0.717) is 12.1 Å². The Morgan fingerprint density at radius 2 is 2.26 bits per heavy atom. The summed E-state index contributed by atoms with van der Waals surface area (Å²) < 4.78 is 18.5. The summed E-state index contributed by atoms with van der Waals surface area (Å²) in [6.07, 6.45) is -0.669. The fourth-order valence-corrected chi connectivity index (χ4v) is 3.05. The van der Waals surface area contributed by atoms with Gasteiger partial charge in [-0.1, -0.05) is 12.1 Å². The largest absolute Gasteiger partial charge is 0.442 e. The second-order valence-corrected chi connectivity index (χ2v) is 6.19. The van der Waals surface area contributed by atoms with Crippen LogP contribution in [0.15, 0.2) is 41.8 Å². The lowest BCUT2D eigenvalue weighted by Crippen LogP contribution is -2.35. The molecule has 1 aromatic heterocycles. The maximum atomic E-state index is 13.2. The molecule has 1 aliphatic heterocycles. The molecule has 1 fully saturated rings. The first-order valence-corrected chi connectivity index (χ1v) is 8.02. The predicted molar refractivity (Wildman–Crippen MR) is 85.0 cm³/mol. The fourth-order valence-electron chi connectivity index (χ4n) is 2.34. The van der Waals surface area contributed by atoms with Crippen LogP contribution in [0.25, 0.3) is 0 Å². The highest BCUT2D eigenvalue weighted by atomic mass is 32.1. The molecule has 1 unspecified atom stereocenters. The molecule has 1 aliphatic rings. The molecular formula is C16H15FN2O3S. The Kier molecular flexibility index (Phi) is 4.57. The first kappa shape index (κ1) is 15.5. The second-order valence-electron chi connectivity index (χ2n) is 5.16. The van der Waals surface area contributed by atoms with Crippen LogP contribution in [0.3, 0.4) is 0 Å². The van der Waals surface area contributed by atoms with Crippen molar-refractivity contribution in [1.29, 1.82) is 0 Å². The van der Waals surface area contributed by atoms with Gasteiger partial charge < -0.3 is 10.1 Å². The maximum absolute atomic E-state index is 13.2. The molecule has 0 bridgehead atoms. The number of nitrogens with zero attached hydrogens (tertiary/aromatic N) is 1. The molecule has 1 atom stereocenters. The van der Waals surface area contributed by atoms with Gasteiger partial charge in [-0.25, -0.2) is 9.18 Å². The van der Waals surface area contributed by atoms with Crippen LogP contribution in [0.2, 0.25) is 0 Å². The molecule has 1 aromatic carbocycles. The van der Waals surface area contributed by atoms with Crippen molar-refractivity contribution in [1.82, 2.24) is 5.32 Å². The lowest BCUT2D eigenvalue weighted by atomic mass is 10.2.